The first kappa shape index (κ1) is 15.1. The van der Waals surface area contributed by atoms with E-state index < -0.39 is 0 Å². The lowest BCUT2D eigenvalue weighted by Gasteiger charge is -2.44. The van der Waals surface area contributed by atoms with Gasteiger partial charge in [0.05, 0.1) is 11.7 Å². The van der Waals surface area contributed by atoms with E-state index in [1.54, 1.807) is 0 Å². The number of likely N-dealkylation sites (N-methyl/N-ethyl adjacent to an activating group) is 1. The zero-order chi connectivity index (χ0) is 15.5. The van der Waals surface area contributed by atoms with E-state index >= 15 is 0 Å². The van der Waals surface area contributed by atoms with Crippen LogP contribution >= 0.6 is 0 Å². The molecule has 2 heterocycles. The van der Waals surface area contributed by atoms with Crippen LogP contribution in [0.5, 0.6) is 0 Å². The molecule has 22 heavy (non-hydrogen) atoms. The first-order valence-corrected chi connectivity index (χ1v) is 8.22. The van der Waals surface area contributed by atoms with Crippen molar-refractivity contribution < 1.29 is 4.79 Å². The van der Waals surface area contributed by atoms with Crippen LogP contribution in [-0.4, -0.2) is 53.3 Å². The zero-order valence-electron chi connectivity index (χ0n) is 13.5. The Bertz CT molecular complexity index is 506. The van der Waals surface area contributed by atoms with Crippen molar-refractivity contribution in [2.24, 2.45) is 0 Å². The van der Waals surface area contributed by atoms with Crippen molar-refractivity contribution in [3.8, 4) is 0 Å². The van der Waals surface area contributed by atoms with Crippen LogP contribution in [-0.2, 0) is 0 Å². The molecular weight excluding hydrogens is 278 g/mol. The van der Waals surface area contributed by atoms with Gasteiger partial charge in [0, 0.05) is 26.2 Å². The smallest absolute Gasteiger partial charge is 0.317 e. The molecular formula is C16H25N5O. The molecule has 6 heteroatoms. The highest BCUT2D eigenvalue weighted by Gasteiger charge is 2.34. The number of carbonyl (C=O) groups is 1. The van der Waals surface area contributed by atoms with Gasteiger partial charge in [0.1, 0.15) is 0 Å². The third-order valence-corrected chi connectivity index (χ3v) is 4.77. The van der Waals surface area contributed by atoms with Crippen molar-refractivity contribution in [3.05, 3.63) is 17.8 Å². The average Bonchev–Trinajstić information content (AvgIpc) is 2.48. The minimum atomic E-state index is 0.0616. The lowest BCUT2D eigenvalue weighted by atomic mass is 9.96. The van der Waals surface area contributed by atoms with Crippen LogP contribution in [0.15, 0.2) is 12.1 Å². The van der Waals surface area contributed by atoms with E-state index in [1.165, 1.54) is 19.3 Å². The summed E-state index contributed by atoms with van der Waals surface area (Å²) < 4.78 is 0. The number of amides is 2. The van der Waals surface area contributed by atoms with Crippen LogP contribution in [0, 0.1) is 6.92 Å². The van der Waals surface area contributed by atoms with Gasteiger partial charge in [-0.15, -0.1) is 5.10 Å². The van der Waals surface area contributed by atoms with E-state index in [1.807, 2.05) is 31.0 Å². The predicted molar refractivity (Wildman–Crippen MR) is 85.9 cm³/mol. The molecule has 2 amide bonds. The molecule has 0 spiro atoms. The lowest BCUT2D eigenvalue weighted by Crippen LogP contribution is -2.62. The Morgan fingerprint density at radius 3 is 2.59 bits per heavy atom. The second-order valence-electron chi connectivity index (χ2n) is 6.49. The molecule has 0 radical (unpaired) electrons. The first-order chi connectivity index (χ1) is 10.6. The van der Waals surface area contributed by atoms with Gasteiger partial charge in [-0.05, 0) is 31.9 Å². The standard InChI is InChI=1S/C16H25N5O/c1-12-8-9-15(19-18-12)21-10-14(11-21)20(2)16(22)17-13-6-4-3-5-7-13/h8-9,13-14H,3-7,10-11H2,1-2H3,(H,17,22). The Hall–Kier alpha value is -1.85. The Kier molecular flexibility index (Phi) is 4.45. The molecule has 3 rings (SSSR count). The number of anilines is 1. The second kappa shape index (κ2) is 6.50. The van der Waals surface area contributed by atoms with Gasteiger partial charge < -0.3 is 15.1 Å². The van der Waals surface area contributed by atoms with E-state index in [2.05, 4.69) is 20.4 Å². The summed E-state index contributed by atoms with van der Waals surface area (Å²) in [5.74, 6) is 0.892. The summed E-state index contributed by atoms with van der Waals surface area (Å²) in [7, 11) is 1.89. The molecule has 2 fully saturated rings. The maximum absolute atomic E-state index is 12.3. The van der Waals surface area contributed by atoms with Gasteiger partial charge in [-0.25, -0.2) is 4.79 Å². The Morgan fingerprint density at radius 2 is 1.95 bits per heavy atom. The van der Waals surface area contributed by atoms with Crippen molar-refractivity contribution in [1.82, 2.24) is 20.4 Å². The molecule has 6 nitrogen and oxygen atoms in total. The average molecular weight is 303 g/mol. The summed E-state index contributed by atoms with van der Waals surface area (Å²) in [6.45, 7) is 3.58. The number of hydrogen-bond donors (Lipinski definition) is 1. The molecule has 1 aliphatic carbocycles. The van der Waals surface area contributed by atoms with Crippen LogP contribution in [0.25, 0.3) is 0 Å². The van der Waals surface area contributed by atoms with E-state index in [0.717, 1.165) is 37.4 Å². The normalized spacial score (nSPS) is 19.6. The molecule has 1 saturated heterocycles. The number of aromatic nitrogens is 2. The summed E-state index contributed by atoms with van der Waals surface area (Å²) in [6, 6.07) is 4.64. The van der Waals surface area contributed by atoms with Crippen LogP contribution in [0.3, 0.4) is 0 Å². The molecule has 120 valence electrons. The lowest BCUT2D eigenvalue weighted by molar-refractivity contribution is 0.171. The topological polar surface area (TPSA) is 61.4 Å². The van der Waals surface area contributed by atoms with Crippen LogP contribution in [0.1, 0.15) is 37.8 Å². The van der Waals surface area contributed by atoms with Crippen LogP contribution < -0.4 is 10.2 Å². The van der Waals surface area contributed by atoms with Crippen molar-refractivity contribution >= 4 is 11.8 Å². The van der Waals surface area contributed by atoms with E-state index in [9.17, 15) is 4.79 Å². The van der Waals surface area contributed by atoms with Gasteiger partial charge in [0.25, 0.3) is 0 Å². The van der Waals surface area contributed by atoms with Crippen molar-refractivity contribution in [2.75, 3.05) is 25.0 Å². The van der Waals surface area contributed by atoms with Gasteiger partial charge >= 0.3 is 6.03 Å². The van der Waals surface area contributed by atoms with Gasteiger partial charge in [-0.3, -0.25) is 0 Å². The molecule has 0 unspecified atom stereocenters. The molecule has 2 aliphatic rings. The minimum Gasteiger partial charge on any atom is -0.351 e. The first-order valence-electron chi connectivity index (χ1n) is 8.22. The highest BCUT2D eigenvalue weighted by atomic mass is 16.2. The van der Waals surface area contributed by atoms with Crippen LogP contribution in [0.4, 0.5) is 10.6 Å². The van der Waals surface area contributed by atoms with Gasteiger partial charge in [0.15, 0.2) is 5.82 Å². The van der Waals surface area contributed by atoms with Crippen molar-refractivity contribution in [2.45, 2.75) is 51.1 Å². The number of aryl methyl sites for hydroxylation is 1. The maximum Gasteiger partial charge on any atom is 0.317 e. The molecule has 1 N–H and O–H groups in total. The SMILES string of the molecule is Cc1ccc(N2CC(N(C)C(=O)NC3CCCCC3)C2)nn1. The highest BCUT2D eigenvalue weighted by molar-refractivity contribution is 5.75. The number of hydrogen-bond acceptors (Lipinski definition) is 4. The number of nitrogens with one attached hydrogen (secondary N) is 1. The summed E-state index contributed by atoms with van der Waals surface area (Å²) in [4.78, 5) is 16.3. The Balaban J connectivity index is 1.47. The largest absolute Gasteiger partial charge is 0.351 e. The van der Waals surface area contributed by atoms with E-state index in [0.29, 0.717) is 6.04 Å². The van der Waals surface area contributed by atoms with Gasteiger partial charge in [-0.1, -0.05) is 19.3 Å². The number of rotatable bonds is 3. The third-order valence-electron chi connectivity index (χ3n) is 4.77. The predicted octanol–water partition coefficient (Wildman–Crippen LogP) is 1.95. The van der Waals surface area contributed by atoms with Gasteiger partial charge in [-0.2, -0.15) is 5.10 Å². The summed E-state index contributed by atoms with van der Waals surface area (Å²) in [5.41, 5.74) is 0.921. The number of urea groups is 1. The molecule has 0 aromatic carbocycles. The zero-order valence-corrected chi connectivity index (χ0v) is 13.5. The fourth-order valence-corrected chi connectivity index (χ4v) is 3.14. The molecule has 1 aliphatic heterocycles. The summed E-state index contributed by atoms with van der Waals surface area (Å²) in [5, 5.41) is 11.4. The third kappa shape index (κ3) is 3.31. The molecule has 1 aromatic heterocycles. The van der Waals surface area contributed by atoms with Crippen molar-refractivity contribution in [1.29, 1.82) is 0 Å². The minimum absolute atomic E-state index is 0.0616. The Morgan fingerprint density at radius 1 is 1.23 bits per heavy atom. The monoisotopic (exact) mass is 303 g/mol. The molecule has 1 aromatic rings. The second-order valence-corrected chi connectivity index (χ2v) is 6.49. The summed E-state index contributed by atoms with van der Waals surface area (Å²) in [6.07, 6.45) is 6.01. The highest BCUT2D eigenvalue weighted by Crippen LogP contribution is 2.21. The Labute approximate surface area is 131 Å². The van der Waals surface area contributed by atoms with E-state index in [-0.39, 0.29) is 12.1 Å². The molecule has 0 bridgehead atoms. The van der Waals surface area contributed by atoms with E-state index in [4.69, 9.17) is 0 Å². The fraction of sp³-hybridized carbons (Fsp3) is 0.688. The maximum atomic E-state index is 12.3. The molecule has 1 saturated carbocycles. The fourth-order valence-electron chi connectivity index (χ4n) is 3.14. The number of carbonyl (C=O) groups excluding carboxylic acids is 1. The molecule has 0 atom stereocenters. The van der Waals surface area contributed by atoms with Gasteiger partial charge in [0.2, 0.25) is 0 Å². The quantitative estimate of drug-likeness (QED) is 0.927. The summed E-state index contributed by atoms with van der Waals surface area (Å²) >= 11 is 0. The van der Waals surface area contributed by atoms with Crippen molar-refractivity contribution in [3.63, 3.8) is 0 Å². The number of nitrogens with zero attached hydrogens (tertiary/aromatic N) is 4. The van der Waals surface area contributed by atoms with Crippen LogP contribution in [0.2, 0.25) is 0 Å².